The Morgan fingerprint density at radius 1 is 1.04 bits per heavy atom. The lowest BCUT2D eigenvalue weighted by Crippen LogP contribution is -2.38. The molecule has 3 aromatic rings. The van der Waals surface area contributed by atoms with Crippen molar-refractivity contribution in [2.75, 3.05) is 0 Å². The number of aromatic nitrogens is 2. The summed E-state index contributed by atoms with van der Waals surface area (Å²) in [5.41, 5.74) is 4.01. The van der Waals surface area contributed by atoms with E-state index < -0.39 is 0 Å². The summed E-state index contributed by atoms with van der Waals surface area (Å²) >= 11 is 1.52. The topological polar surface area (TPSA) is 44.0 Å². The van der Waals surface area contributed by atoms with Gasteiger partial charge in [0.15, 0.2) is 0 Å². The van der Waals surface area contributed by atoms with Gasteiger partial charge >= 0.3 is 5.69 Å². The molecule has 0 bridgehead atoms. The molecule has 0 N–H and O–H groups in total. The van der Waals surface area contributed by atoms with Gasteiger partial charge < -0.3 is 0 Å². The average Bonchev–Trinajstić information content (AvgIpc) is 2.81. The van der Waals surface area contributed by atoms with Gasteiger partial charge in [0.05, 0.1) is 11.9 Å². The molecule has 0 amide bonds. The minimum Gasteiger partial charge on any atom is -0.280 e. The van der Waals surface area contributed by atoms with E-state index in [4.69, 9.17) is 0 Å². The lowest BCUT2D eigenvalue weighted by atomic mass is 10.1. The number of hydrogen-bond donors (Lipinski definition) is 0. The van der Waals surface area contributed by atoms with Crippen molar-refractivity contribution in [3.63, 3.8) is 0 Å². The van der Waals surface area contributed by atoms with Gasteiger partial charge in [0.1, 0.15) is 4.83 Å². The highest BCUT2D eigenvalue weighted by molar-refractivity contribution is 7.18. The van der Waals surface area contributed by atoms with Crippen molar-refractivity contribution in [2.45, 2.75) is 34.2 Å². The first kappa shape index (κ1) is 15.7. The van der Waals surface area contributed by atoms with Gasteiger partial charge in [-0.1, -0.05) is 18.2 Å². The number of benzene rings is 1. The monoisotopic (exact) mass is 328 g/mol. The summed E-state index contributed by atoms with van der Waals surface area (Å²) in [5, 5.41) is 0.665. The van der Waals surface area contributed by atoms with Gasteiger partial charge in [-0.15, -0.1) is 11.3 Å². The fourth-order valence-corrected chi connectivity index (χ4v) is 3.94. The molecule has 5 heteroatoms. The van der Waals surface area contributed by atoms with Gasteiger partial charge in [-0.05, 0) is 49.9 Å². The second-order valence-electron chi connectivity index (χ2n) is 6.11. The third kappa shape index (κ3) is 2.45. The van der Waals surface area contributed by atoms with Crippen LogP contribution in [0.15, 0.2) is 27.8 Å². The van der Waals surface area contributed by atoms with Crippen molar-refractivity contribution in [3.05, 3.63) is 66.2 Å². The van der Waals surface area contributed by atoms with Gasteiger partial charge in [0.2, 0.25) is 0 Å². The maximum absolute atomic E-state index is 12.6. The second-order valence-corrected chi connectivity index (χ2v) is 7.32. The van der Waals surface area contributed by atoms with Crippen LogP contribution in [0.2, 0.25) is 0 Å². The highest BCUT2D eigenvalue weighted by Gasteiger charge is 2.17. The summed E-state index contributed by atoms with van der Waals surface area (Å²) < 4.78 is 2.92. The molecule has 2 aromatic heterocycles. The molecular weight excluding hydrogens is 308 g/mol. The Bertz CT molecular complexity index is 1040. The molecule has 0 saturated carbocycles. The van der Waals surface area contributed by atoms with Gasteiger partial charge in [-0.25, -0.2) is 4.79 Å². The molecule has 2 heterocycles. The fraction of sp³-hybridized carbons (Fsp3) is 0.333. The summed E-state index contributed by atoms with van der Waals surface area (Å²) in [6, 6.07) is 6.21. The number of aryl methyl sites for hydroxylation is 4. The van der Waals surface area contributed by atoms with Crippen molar-refractivity contribution >= 4 is 21.6 Å². The van der Waals surface area contributed by atoms with E-state index in [2.05, 4.69) is 26.0 Å². The molecular formula is C18H20N2O2S. The second kappa shape index (κ2) is 5.49. The zero-order valence-electron chi connectivity index (χ0n) is 14.1. The molecule has 0 saturated heterocycles. The lowest BCUT2D eigenvalue weighted by molar-refractivity contribution is 0.677. The summed E-state index contributed by atoms with van der Waals surface area (Å²) in [7, 11) is 1.55. The van der Waals surface area contributed by atoms with Crippen LogP contribution in [0.25, 0.3) is 10.2 Å². The van der Waals surface area contributed by atoms with E-state index in [9.17, 15) is 9.59 Å². The van der Waals surface area contributed by atoms with Crippen LogP contribution in [-0.2, 0) is 13.6 Å². The maximum Gasteiger partial charge on any atom is 0.332 e. The third-order valence-electron chi connectivity index (χ3n) is 4.56. The van der Waals surface area contributed by atoms with Crippen molar-refractivity contribution < 1.29 is 0 Å². The predicted octanol–water partition coefficient (Wildman–Crippen LogP) is 3.04. The average molecular weight is 328 g/mol. The quantitative estimate of drug-likeness (QED) is 0.726. The SMILES string of the molecule is Cc1ccc(Cn2c(=O)n(C)c(=O)c3c(C)c(C)sc32)cc1C. The molecule has 0 aliphatic heterocycles. The third-order valence-corrected chi connectivity index (χ3v) is 5.79. The first-order valence-corrected chi connectivity index (χ1v) is 8.38. The van der Waals surface area contributed by atoms with Crippen LogP contribution in [0.4, 0.5) is 0 Å². The van der Waals surface area contributed by atoms with Crippen molar-refractivity contribution in [2.24, 2.45) is 7.05 Å². The number of nitrogens with zero attached hydrogens (tertiary/aromatic N) is 2. The van der Waals surface area contributed by atoms with Crippen molar-refractivity contribution in [1.29, 1.82) is 0 Å². The smallest absolute Gasteiger partial charge is 0.280 e. The van der Waals surface area contributed by atoms with E-state index >= 15 is 0 Å². The van der Waals surface area contributed by atoms with E-state index in [0.29, 0.717) is 11.9 Å². The van der Waals surface area contributed by atoms with Crippen LogP contribution in [0.1, 0.15) is 27.1 Å². The molecule has 23 heavy (non-hydrogen) atoms. The number of thiophene rings is 1. The van der Waals surface area contributed by atoms with Crippen molar-refractivity contribution in [1.82, 2.24) is 9.13 Å². The highest BCUT2D eigenvalue weighted by atomic mass is 32.1. The Kier molecular flexibility index (Phi) is 3.76. The van der Waals surface area contributed by atoms with Gasteiger partial charge in [0, 0.05) is 11.9 Å². The zero-order chi connectivity index (χ0) is 16.9. The van der Waals surface area contributed by atoms with Crippen molar-refractivity contribution in [3.8, 4) is 0 Å². The molecule has 3 rings (SSSR count). The Balaban J connectivity index is 2.28. The largest absolute Gasteiger partial charge is 0.332 e. The predicted molar refractivity (Wildman–Crippen MR) is 95.8 cm³/mol. The normalized spacial score (nSPS) is 11.3. The molecule has 0 radical (unpaired) electrons. The summed E-state index contributed by atoms with van der Waals surface area (Å²) in [4.78, 5) is 26.9. The van der Waals surface area contributed by atoms with Crippen LogP contribution in [0.3, 0.4) is 0 Å². The summed E-state index contributed by atoms with van der Waals surface area (Å²) in [6.45, 7) is 8.55. The van der Waals surface area contributed by atoms with Crippen LogP contribution in [0, 0.1) is 27.7 Å². The highest BCUT2D eigenvalue weighted by Crippen LogP contribution is 2.27. The van der Waals surface area contributed by atoms with Gasteiger partial charge in [0.25, 0.3) is 5.56 Å². The van der Waals surface area contributed by atoms with Crippen LogP contribution >= 0.6 is 11.3 Å². The Morgan fingerprint density at radius 3 is 2.39 bits per heavy atom. The number of hydrogen-bond acceptors (Lipinski definition) is 3. The molecule has 1 aromatic carbocycles. The first-order valence-electron chi connectivity index (χ1n) is 7.57. The van der Waals surface area contributed by atoms with E-state index in [1.54, 1.807) is 11.6 Å². The first-order chi connectivity index (χ1) is 10.8. The Hall–Kier alpha value is -2.14. The van der Waals surface area contributed by atoms with E-state index in [1.165, 1.54) is 27.0 Å². The molecule has 0 spiro atoms. The summed E-state index contributed by atoms with van der Waals surface area (Å²) in [5.74, 6) is 0. The lowest BCUT2D eigenvalue weighted by Gasteiger charge is -2.11. The van der Waals surface area contributed by atoms with Crippen LogP contribution < -0.4 is 11.2 Å². The van der Waals surface area contributed by atoms with E-state index in [-0.39, 0.29) is 11.2 Å². The zero-order valence-corrected chi connectivity index (χ0v) is 14.9. The Labute approximate surface area is 138 Å². The Morgan fingerprint density at radius 2 is 1.74 bits per heavy atom. The van der Waals surface area contributed by atoms with Gasteiger partial charge in [-0.2, -0.15) is 0 Å². The van der Waals surface area contributed by atoms with Crippen LogP contribution in [0.5, 0.6) is 0 Å². The van der Waals surface area contributed by atoms with Crippen LogP contribution in [-0.4, -0.2) is 9.13 Å². The molecule has 0 aliphatic rings. The molecule has 0 unspecified atom stereocenters. The minimum absolute atomic E-state index is 0.205. The van der Waals surface area contributed by atoms with E-state index in [0.717, 1.165) is 20.8 Å². The maximum atomic E-state index is 12.6. The fourth-order valence-electron chi connectivity index (χ4n) is 2.80. The van der Waals surface area contributed by atoms with Gasteiger partial charge in [-0.3, -0.25) is 13.9 Å². The summed E-state index contributed by atoms with van der Waals surface area (Å²) in [6.07, 6.45) is 0. The molecule has 0 atom stereocenters. The molecule has 0 aliphatic carbocycles. The molecule has 0 fully saturated rings. The number of rotatable bonds is 2. The molecule has 120 valence electrons. The standard InChI is InChI=1S/C18H20N2O2S/c1-10-6-7-14(8-11(10)2)9-20-17-15(12(3)13(4)23-17)16(21)19(5)18(20)22/h6-8H,9H2,1-5H3. The molecule has 4 nitrogen and oxygen atoms in total. The number of fused-ring (bicyclic) bond motifs is 1. The van der Waals surface area contributed by atoms with E-state index in [1.807, 2.05) is 19.9 Å². The minimum atomic E-state index is -0.262.